The van der Waals surface area contributed by atoms with Crippen LogP contribution in [0.5, 0.6) is 0 Å². The summed E-state index contributed by atoms with van der Waals surface area (Å²) in [7, 11) is 3.94. The second-order valence-corrected chi connectivity index (χ2v) is 7.63. The van der Waals surface area contributed by atoms with Crippen molar-refractivity contribution in [3.05, 3.63) is 59.4 Å². The molecule has 0 fully saturated rings. The number of amides is 1. The highest BCUT2D eigenvalue weighted by Crippen LogP contribution is 2.29. The Balaban J connectivity index is 1.88. The molecule has 2 aromatic carbocycles. The molecule has 0 saturated heterocycles. The number of likely N-dealkylation sites (N-methyl/N-ethyl adjacent to an activating group) is 1. The molecule has 6 heteroatoms. The summed E-state index contributed by atoms with van der Waals surface area (Å²) >= 11 is 1.35. The first-order valence-corrected chi connectivity index (χ1v) is 9.31. The van der Waals surface area contributed by atoms with Gasteiger partial charge in [-0.05, 0) is 44.8 Å². The minimum atomic E-state index is -0.293. The number of rotatable bonds is 6. The van der Waals surface area contributed by atoms with Crippen LogP contribution in [0.3, 0.4) is 0 Å². The number of hydrogen-bond acceptors (Lipinski definition) is 4. The van der Waals surface area contributed by atoms with Crippen molar-refractivity contribution < 1.29 is 9.18 Å². The van der Waals surface area contributed by atoms with E-state index in [9.17, 15) is 9.18 Å². The van der Waals surface area contributed by atoms with Crippen molar-refractivity contribution in [1.29, 1.82) is 0 Å². The smallest absolute Gasteiger partial charge is 0.233 e. The number of anilines is 1. The van der Waals surface area contributed by atoms with Crippen LogP contribution in [0.1, 0.15) is 11.1 Å². The number of carbonyl (C=O) groups is 1. The van der Waals surface area contributed by atoms with Gasteiger partial charge in [0.25, 0.3) is 0 Å². The van der Waals surface area contributed by atoms with Gasteiger partial charge in [0.1, 0.15) is 5.82 Å². The monoisotopic (exact) mass is 371 g/mol. The summed E-state index contributed by atoms with van der Waals surface area (Å²) in [6.45, 7) is 3.28. The summed E-state index contributed by atoms with van der Waals surface area (Å²) in [5.74, 6) is -0.296. The van der Waals surface area contributed by atoms with Gasteiger partial charge in [0.2, 0.25) is 5.91 Å². The van der Waals surface area contributed by atoms with Crippen LogP contribution in [0, 0.1) is 12.7 Å². The van der Waals surface area contributed by atoms with Gasteiger partial charge in [-0.3, -0.25) is 9.69 Å². The number of halogens is 1. The van der Waals surface area contributed by atoms with Crippen LogP contribution in [-0.4, -0.2) is 43.0 Å². The molecule has 0 radical (unpaired) electrons. The van der Waals surface area contributed by atoms with Gasteiger partial charge in [-0.1, -0.05) is 41.2 Å². The Morgan fingerprint density at radius 2 is 1.96 bits per heavy atom. The predicted molar refractivity (Wildman–Crippen MR) is 105 cm³/mol. The maximum absolute atomic E-state index is 13.5. The summed E-state index contributed by atoms with van der Waals surface area (Å²) in [5, 5.41) is 0.616. The average molecular weight is 371 g/mol. The van der Waals surface area contributed by atoms with Gasteiger partial charge in [0.15, 0.2) is 5.13 Å². The molecule has 1 aromatic heterocycles. The van der Waals surface area contributed by atoms with Crippen LogP contribution in [0.2, 0.25) is 0 Å². The minimum absolute atomic E-state index is 0.00280. The second-order valence-electron chi connectivity index (χ2n) is 6.62. The molecule has 0 spiro atoms. The molecule has 3 aromatic rings. The largest absolute Gasteiger partial charge is 0.308 e. The molecule has 0 bridgehead atoms. The van der Waals surface area contributed by atoms with E-state index in [1.807, 2.05) is 50.2 Å². The summed E-state index contributed by atoms with van der Waals surface area (Å²) in [5.41, 5.74) is 2.83. The Hall–Kier alpha value is -2.31. The van der Waals surface area contributed by atoms with Crippen molar-refractivity contribution in [3.63, 3.8) is 0 Å². The standard InChI is InChI=1S/C20H22FN3OS/c1-14-5-4-6-15(11-14)12-19(25)24(10-9-23(2)3)20-22-17-8-7-16(21)13-18(17)26-20/h4-8,11,13H,9-10,12H2,1-3H3. The summed E-state index contributed by atoms with van der Waals surface area (Å²) in [6.07, 6.45) is 0.319. The Kier molecular flexibility index (Phi) is 5.64. The maximum Gasteiger partial charge on any atom is 0.233 e. The van der Waals surface area contributed by atoms with Crippen LogP contribution in [-0.2, 0) is 11.2 Å². The van der Waals surface area contributed by atoms with Crippen LogP contribution < -0.4 is 4.90 Å². The molecule has 1 heterocycles. The van der Waals surface area contributed by atoms with E-state index in [-0.39, 0.29) is 11.7 Å². The summed E-state index contributed by atoms with van der Waals surface area (Å²) in [6, 6.07) is 12.5. The van der Waals surface area contributed by atoms with Crippen molar-refractivity contribution in [2.75, 3.05) is 32.1 Å². The number of benzene rings is 2. The van der Waals surface area contributed by atoms with Gasteiger partial charge in [-0.2, -0.15) is 0 Å². The van der Waals surface area contributed by atoms with E-state index < -0.39 is 0 Å². The lowest BCUT2D eigenvalue weighted by atomic mass is 10.1. The fraction of sp³-hybridized carbons (Fsp3) is 0.300. The highest BCUT2D eigenvalue weighted by molar-refractivity contribution is 7.22. The topological polar surface area (TPSA) is 36.4 Å². The van der Waals surface area contributed by atoms with Crippen LogP contribution in [0.25, 0.3) is 10.2 Å². The van der Waals surface area contributed by atoms with Crippen molar-refractivity contribution in [1.82, 2.24) is 9.88 Å². The molecule has 0 aliphatic rings. The van der Waals surface area contributed by atoms with Gasteiger partial charge in [0.05, 0.1) is 16.6 Å². The molecule has 0 N–H and O–H groups in total. The molecule has 0 aliphatic heterocycles. The molecule has 26 heavy (non-hydrogen) atoms. The number of aromatic nitrogens is 1. The lowest BCUT2D eigenvalue weighted by molar-refractivity contribution is -0.118. The van der Waals surface area contributed by atoms with Gasteiger partial charge >= 0.3 is 0 Å². The van der Waals surface area contributed by atoms with Gasteiger partial charge in [0, 0.05) is 13.1 Å². The van der Waals surface area contributed by atoms with E-state index in [0.717, 1.165) is 22.4 Å². The van der Waals surface area contributed by atoms with Crippen molar-refractivity contribution in [2.45, 2.75) is 13.3 Å². The van der Waals surface area contributed by atoms with Crippen molar-refractivity contribution >= 4 is 32.6 Å². The number of nitrogens with zero attached hydrogens (tertiary/aromatic N) is 3. The van der Waals surface area contributed by atoms with Gasteiger partial charge in [-0.15, -0.1) is 0 Å². The lowest BCUT2D eigenvalue weighted by Gasteiger charge is -2.22. The molecule has 0 aliphatic carbocycles. The van der Waals surface area contributed by atoms with E-state index >= 15 is 0 Å². The highest BCUT2D eigenvalue weighted by atomic mass is 32.1. The molecule has 0 unspecified atom stereocenters. The Labute approximate surface area is 156 Å². The Morgan fingerprint density at radius 3 is 2.69 bits per heavy atom. The minimum Gasteiger partial charge on any atom is -0.308 e. The zero-order chi connectivity index (χ0) is 18.7. The van der Waals surface area contributed by atoms with E-state index in [1.165, 1.54) is 23.5 Å². The van der Waals surface area contributed by atoms with Crippen molar-refractivity contribution in [3.8, 4) is 0 Å². The quantitative estimate of drug-likeness (QED) is 0.660. The molecule has 0 saturated carbocycles. The molecular formula is C20H22FN3OS. The first kappa shape index (κ1) is 18.5. The lowest BCUT2D eigenvalue weighted by Crippen LogP contribution is -2.37. The maximum atomic E-state index is 13.5. The number of aryl methyl sites for hydroxylation is 1. The molecule has 1 amide bonds. The number of hydrogen-bond donors (Lipinski definition) is 0. The van der Waals surface area contributed by atoms with E-state index in [1.54, 1.807) is 11.0 Å². The Morgan fingerprint density at radius 1 is 1.15 bits per heavy atom. The zero-order valence-electron chi connectivity index (χ0n) is 15.2. The normalized spacial score (nSPS) is 11.3. The summed E-state index contributed by atoms with van der Waals surface area (Å²) in [4.78, 5) is 21.3. The fourth-order valence-electron chi connectivity index (χ4n) is 2.72. The first-order valence-electron chi connectivity index (χ1n) is 8.49. The number of fused-ring (bicyclic) bond motifs is 1. The van der Waals surface area contributed by atoms with Crippen molar-refractivity contribution in [2.24, 2.45) is 0 Å². The van der Waals surface area contributed by atoms with Gasteiger partial charge < -0.3 is 4.90 Å². The summed E-state index contributed by atoms with van der Waals surface area (Å²) < 4.78 is 14.2. The third-order valence-electron chi connectivity index (χ3n) is 4.08. The zero-order valence-corrected chi connectivity index (χ0v) is 16.0. The molecule has 0 atom stereocenters. The Bertz CT molecular complexity index is 922. The first-order chi connectivity index (χ1) is 12.4. The van der Waals surface area contributed by atoms with E-state index in [4.69, 9.17) is 0 Å². The van der Waals surface area contributed by atoms with E-state index in [0.29, 0.717) is 23.6 Å². The SMILES string of the molecule is Cc1cccc(CC(=O)N(CCN(C)C)c2nc3ccc(F)cc3s2)c1. The highest BCUT2D eigenvalue weighted by Gasteiger charge is 2.20. The third-order valence-corrected chi connectivity index (χ3v) is 5.12. The van der Waals surface area contributed by atoms with Crippen LogP contribution in [0.4, 0.5) is 9.52 Å². The van der Waals surface area contributed by atoms with Crippen LogP contribution in [0.15, 0.2) is 42.5 Å². The van der Waals surface area contributed by atoms with Crippen LogP contribution >= 0.6 is 11.3 Å². The van der Waals surface area contributed by atoms with E-state index in [2.05, 4.69) is 4.98 Å². The predicted octanol–water partition coefficient (Wildman–Crippen LogP) is 3.88. The third kappa shape index (κ3) is 4.45. The average Bonchev–Trinajstić information content (AvgIpc) is 2.97. The molecule has 4 nitrogen and oxygen atoms in total. The molecule has 136 valence electrons. The number of carbonyl (C=O) groups excluding carboxylic acids is 1. The number of thiazole rings is 1. The second kappa shape index (κ2) is 7.93. The molecular weight excluding hydrogens is 349 g/mol. The van der Waals surface area contributed by atoms with Gasteiger partial charge in [-0.25, -0.2) is 9.37 Å². The molecule has 3 rings (SSSR count). The fourth-order valence-corrected chi connectivity index (χ4v) is 3.75.